The van der Waals surface area contributed by atoms with Gasteiger partial charge in [0.05, 0.1) is 19.3 Å². The molecule has 1 fully saturated rings. The van der Waals surface area contributed by atoms with Crippen LogP contribution in [-0.4, -0.2) is 7.11 Å². The van der Waals surface area contributed by atoms with E-state index in [0.717, 1.165) is 28.9 Å². The van der Waals surface area contributed by atoms with Crippen molar-refractivity contribution in [1.29, 1.82) is 0 Å². The van der Waals surface area contributed by atoms with Crippen molar-refractivity contribution in [3.8, 4) is 5.75 Å². The molecule has 2 aromatic rings. The molecule has 0 spiro atoms. The summed E-state index contributed by atoms with van der Waals surface area (Å²) in [7, 11) is 1.68. The van der Waals surface area contributed by atoms with E-state index < -0.39 is 0 Å². The molecule has 0 saturated heterocycles. The molecule has 1 aliphatic carbocycles. The molecule has 0 radical (unpaired) electrons. The lowest BCUT2D eigenvalue weighted by atomic mass is 10.2. The monoisotopic (exact) mass is 257 g/mol. The number of hydrogen-bond acceptors (Lipinski definition) is 3. The van der Waals surface area contributed by atoms with Crippen molar-refractivity contribution in [2.24, 2.45) is 5.92 Å². The molecule has 100 valence electrons. The minimum absolute atomic E-state index is 0.639. The third kappa shape index (κ3) is 2.60. The first-order chi connectivity index (χ1) is 9.28. The zero-order chi connectivity index (χ0) is 13.2. The maximum Gasteiger partial charge on any atom is 0.141 e. The van der Waals surface area contributed by atoms with E-state index in [-0.39, 0.29) is 0 Å². The van der Waals surface area contributed by atoms with E-state index in [0.29, 0.717) is 12.5 Å². The minimum atomic E-state index is 0.639. The fraction of sp³-hybridized carbons (Fsp3) is 0.375. The van der Waals surface area contributed by atoms with Crippen LogP contribution < -0.4 is 10.1 Å². The molecule has 1 N–H and O–H groups in total. The van der Waals surface area contributed by atoms with Crippen LogP contribution in [0.3, 0.4) is 0 Å². The highest BCUT2D eigenvalue weighted by Gasteiger charge is 2.36. The molecule has 3 heteroatoms. The normalized spacial score (nSPS) is 21.2. The second-order valence-electron chi connectivity index (χ2n) is 5.18. The molecule has 1 aliphatic rings. The average molecular weight is 257 g/mol. The van der Waals surface area contributed by atoms with Crippen LogP contribution in [0.1, 0.15) is 30.8 Å². The Morgan fingerprint density at radius 2 is 2.05 bits per heavy atom. The Hall–Kier alpha value is -1.90. The summed E-state index contributed by atoms with van der Waals surface area (Å²) in [5, 5.41) is 3.35. The van der Waals surface area contributed by atoms with Gasteiger partial charge in [-0.2, -0.15) is 0 Å². The molecular formula is C16H19NO2. The van der Waals surface area contributed by atoms with E-state index >= 15 is 0 Å². The zero-order valence-electron chi connectivity index (χ0n) is 11.3. The first kappa shape index (κ1) is 12.2. The van der Waals surface area contributed by atoms with E-state index in [4.69, 9.17) is 9.15 Å². The Kier molecular flexibility index (Phi) is 3.20. The van der Waals surface area contributed by atoms with Crippen LogP contribution in [-0.2, 0) is 6.54 Å². The molecule has 0 amide bonds. The van der Waals surface area contributed by atoms with Gasteiger partial charge in [0.15, 0.2) is 0 Å². The third-order valence-corrected chi connectivity index (χ3v) is 3.72. The number of rotatable bonds is 5. The van der Waals surface area contributed by atoms with Crippen molar-refractivity contribution < 1.29 is 9.15 Å². The van der Waals surface area contributed by atoms with Crippen LogP contribution in [0.2, 0.25) is 0 Å². The summed E-state index contributed by atoms with van der Waals surface area (Å²) >= 11 is 0. The molecule has 1 saturated carbocycles. The lowest BCUT2D eigenvalue weighted by molar-refractivity contribution is 0.416. The fourth-order valence-corrected chi connectivity index (χ4v) is 2.38. The second-order valence-corrected chi connectivity index (χ2v) is 5.18. The van der Waals surface area contributed by atoms with Crippen LogP contribution in [0, 0.1) is 5.92 Å². The van der Waals surface area contributed by atoms with E-state index in [1.165, 1.54) is 6.42 Å². The molecule has 19 heavy (non-hydrogen) atoms. The van der Waals surface area contributed by atoms with Crippen LogP contribution in [0.15, 0.2) is 40.8 Å². The standard InChI is InChI=1S/C16H19NO2/c1-11-9-13(11)15-8-7-12(19-15)10-17-14-5-3-4-6-16(14)18-2/h3-8,11,13,17H,9-10H2,1-2H3. The van der Waals surface area contributed by atoms with Crippen LogP contribution in [0.4, 0.5) is 5.69 Å². The minimum Gasteiger partial charge on any atom is -0.495 e. The van der Waals surface area contributed by atoms with Gasteiger partial charge in [-0.3, -0.25) is 0 Å². The summed E-state index contributed by atoms with van der Waals surface area (Å²) in [6, 6.07) is 12.1. The van der Waals surface area contributed by atoms with Gasteiger partial charge in [-0.25, -0.2) is 0 Å². The molecule has 1 aromatic heterocycles. The SMILES string of the molecule is COc1ccccc1NCc1ccc(C2CC2C)o1. The predicted octanol–water partition coefficient (Wildman–Crippen LogP) is 4.02. The highest BCUT2D eigenvalue weighted by molar-refractivity contribution is 5.56. The molecule has 2 unspecified atom stereocenters. The zero-order valence-corrected chi connectivity index (χ0v) is 11.3. The van der Waals surface area contributed by atoms with Crippen molar-refractivity contribution in [2.45, 2.75) is 25.8 Å². The second kappa shape index (κ2) is 5.00. The largest absolute Gasteiger partial charge is 0.495 e. The average Bonchev–Trinajstić information content (AvgIpc) is 2.99. The van der Waals surface area contributed by atoms with E-state index in [9.17, 15) is 0 Å². The van der Waals surface area contributed by atoms with Gasteiger partial charge in [-0.05, 0) is 36.6 Å². The molecule has 0 aliphatic heterocycles. The van der Waals surface area contributed by atoms with Gasteiger partial charge < -0.3 is 14.5 Å². The topological polar surface area (TPSA) is 34.4 Å². The Morgan fingerprint density at radius 3 is 2.79 bits per heavy atom. The highest BCUT2D eigenvalue weighted by Crippen LogP contribution is 2.47. The highest BCUT2D eigenvalue weighted by atomic mass is 16.5. The number of methoxy groups -OCH3 is 1. The van der Waals surface area contributed by atoms with Crippen molar-refractivity contribution in [3.05, 3.63) is 47.9 Å². The number of para-hydroxylation sites is 2. The van der Waals surface area contributed by atoms with E-state index in [1.807, 2.05) is 24.3 Å². The summed E-state index contributed by atoms with van der Waals surface area (Å²) < 4.78 is 11.2. The first-order valence-corrected chi connectivity index (χ1v) is 6.73. The Morgan fingerprint density at radius 1 is 1.26 bits per heavy atom. The van der Waals surface area contributed by atoms with Gasteiger partial charge in [0.25, 0.3) is 0 Å². The molecular weight excluding hydrogens is 238 g/mol. The predicted molar refractivity (Wildman–Crippen MR) is 75.6 cm³/mol. The van der Waals surface area contributed by atoms with Gasteiger partial charge >= 0.3 is 0 Å². The van der Waals surface area contributed by atoms with Gasteiger partial charge in [0.2, 0.25) is 0 Å². The molecule has 3 rings (SSSR count). The number of hydrogen-bond donors (Lipinski definition) is 1. The van der Waals surface area contributed by atoms with Crippen LogP contribution in [0.5, 0.6) is 5.75 Å². The summed E-state index contributed by atoms with van der Waals surface area (Å²) in [4.78, 5) is 0. The van der Waals surface area contributed by atoms with Crippen LogP contribution >= 0.6 is 0 Å². The lowest BCUT2D eigenvalue weighted by Crippen LogP contribution is -2.00. The Labute approximate surface area is 113 Å². The molecule has 2 atom stereocenters. The molecule has 1 aromatic carbocycles. The van der Waals surface area contributed by atoms with Crippen LogP contribution in [0.25, 0.3) is 0 Å². The number of furan rings is 1. The number of ether oxygens (including phenoxy) is 1. The van der Waals surface area contributed by atoms with Gasteiger partial charge in [-0.1, -0.05) is 19.1 Å². The Balaban J connectivity index is 1.64. The smallest absolute Gasteiger partial charge is 0.141 e. The maximum atomic E-state index is 5.87. The van der Waals surface area contributed by atoms with Crippen molar-refractivity contribution >= 4 is 5.69 Å². The summed E-state index contributed by atoms with van der Waals surface area (Å²) in [6.07, 6.45) is 1.26. The van der Waals surface area contributed by atoms with E-state index in [1.54, 1.807) is 7.11 Å². The quantitative estimate of drug-likeness (QED) is 0.878. The lowest BCUT2D eigenvalue weighted by Gasteiger charge is -2.09. The summed E-state index contributed by atoms with van der Waals surface area (Å²) in [6.45, 7) is 2.95. The van der Waals surface area contributed by atoms with Crippen molar-refractivity contribution in [2.75, 3.05) is 12.4 Å². The summed E-state index contributed by atoms with van der Waals surface area (Å²) in [5.41, 5.74) is 0.989. The number of anilines is 1. The third-order valence-electron chi connectivity index (χ3n) is 3.72. The summed E-state index contributed by atoms with van der Waals surface area (Å²) in [5.74, 6) is 4.37. The van der Waals surface area contributed by atoms with Gasteiger partial charge in [0, 0.05) is 5.92 Å². The molecule has 1 heterocycles. The number of benzene rings is 1. The fourth-order valence-electron chi connectivity index (χ4n) is 2.38. The van der Waals surface area contributed by atoms with Gasteiger partial charge in [-0.15, -0.1) is 0 Å². The van der Waals surface area contributed by atoms with Crippen molar-refractivity contribution in [1.82, 2.24) is 0 Å². The maximum absolute atomic E-state index is 5.87. The number of nitrogens with one attached hydrogen (secondary N) is 1. The van der Waals surface area contributed by atoms with E-state index in [2.05, 4.69) is 24.4 Å². The van der Waals surface area contributed by atoms with Crippen molar-refractivity contribution in [3.63, 3.8) is 0 Å². The van der Waals surface area contributed by atoms with Gasteiger partial charge in [0.1, 0.15) is 17.3 Å². The Bertz CT molecular complexity index is 561. The first-order valence-electron chi connectivity index (χ1n) is 6.73. The molecule has 0 bridgehead atoms. The molecule has 3 nitrogen and oxygen atoms in total.